The molecule has 0 radical (unpaired) electrons. The highest BCUT2D eigenvalue weighted by Crippen LogP contribution is 2.37. The first-order valence-electron chi connectivity index (χ1n) is 8.69. The van der Waals surface area contributed by atoms with Crippen LogP contribution in [0.15, 0.2) is 22.4 Å². The van der Waals surface area contributed by atoms with Gasteiger partial charge < -0.3 is 0 Å². The number of aryl methyl sites for hydroxylation is 1. The van der Waals surface area contributed by atoms with Gasteiger partial charge in [-0.1, -0.05) is 131 Å². The molecule has 3 nitrogen and oxygen atoms in total. The highest BCUT2D eigenvalue weighted by molar-refractivity contribution is 14.1. The van der Waals surface area contributed by atoms with Gasteiger partial charge >= 0.3 is 0 Å². The van der Waals surface area contributed by atoms with Gasteiger partial charge in [0, 0.05) is 8.95 Å². The predicted molar refractivity (Wildman–Crippen MR) is 134 cm³/mol. The van der Waals surface area contributed by atoms with Crippen molar-refractivity contribution in [3.8, 4) is 0 Å². The van der Waals surface area contributed by atoms with Gasteiger partial charge in [-0.25, -0.2) is 0 Å². The van der Waals surface area contributed by atoms with E-state index in [0.717, 1.165) is 18.4 Å². The van der Waals surface area contributed by atoms with Crippen LogP contribution in [-0.2, 0) is 4.79 Å². The Morgan fingerprint density at radius 3 is 2.37 bits per heavy atom. The van der Waals surface area contributed by atoms with E-state index in [-0.39, 0.29) is 13.6 Å². The van der Waals surface area contributed by atoms with Crippen LogP contribution in [0.1, 0.15) is 51.0 Å². The van der Waals surface area contributed by atoms with Gasteiger partial charge in [-0.05, 0) is 31.0 Å². The van der Waals surface area contributed by atoms with Gasteiger partial charge in [0.1, 0.15) is 5.69 Å². The maximum Gasteiger partial charge on any atom is 0.287 e. The Morgan fingerprint density at radius 2 is 1.78 bits per heavy atom. The number of halogens is 6. The normalized spacial score (nSPS) is 14.5. The smallest absolute Gasteiger partial charge is 0.287 e. The highest BCUT2D eigenvalue weighted by Gasteiger charge is 2.40. The minimum atomic E-state index is -1.95. The maximum atomic E-state index is 12.7. The van der Waals surface area contributed by atoms with Gasteiger partial charge in [-0.3, -0.25) is 4.79 Å². The number of carbonyl (C=O) groups excluding carboxylic acids is 1. The Labute approximate surface area is 208 Å². The summed E-state index contributed by atoms with van der Waals surface area (Å²) in [6.45, 7) is 3.98. The summed E-state index contributed by atoms with van der Waals surface area (Å²) in [5.74, 6) is -0.370. The number of unbranched alkanes of at least 4 members (excludes halogenated alkanes) is 4. The molecule has 1 aromatic rings. The third-order valence-corrected chi connectivity index (χ3v) is 9.12. The fraction of sp³-hybridized carbons (Fsp3) is 0.611. The SMILES string of the molecule is CCCCCCCC(I)C(I)C(=O)C(Cl)(Cl)N=Nc1c(C)cc(Cl)cc1Cl. The number of rotatable bonds is 11. The Balaban J connectivity index is 2.74. The molecule has 1 aromatic carbocycles. The molecule has 27 heavy (non-hydrogen) atoms. The van der Waals surface area contributed by atoms with E-state index in [0.29, 0.717) is 15.7 Å². The molecule has 0 spiro atoms. The van der Waals surface area contributed by atoms with Gasteiger partial charge in [-0.15, -0.1) is 5.11 Å². The molecule has 0 saturated carbocycles. The van der Waals surface area contributed by atoms with E-state index in [1.165, 1.54) is 25.7 Å². The summed E-state index contributed by atoms with van der Waals surface area (Å²) in [5.41, 5.74) is 1.12. The number of hydrogen-bond acceptors (Lipinski definition) is 3. The molecule has 0 fully saturated rings. The van der Waals surface area contributed by atoms with Crippen LogP contribution in [0.5, 0.6) is 0 Å². The zero-order chi connectivity index (χ0) is 20.6. The second-order valence-corrected chi connectivity index (χ2v) is 11.4. The molecule has 0 heterocycles. The first kappa shape index (κ1) is 26.1. The van der Waals surface area contributed by atoms with Crippen molar-refractivity contribution < 1.29 is 4.79 Å². The number of nitrogens with zero attached hydrogens (tertiary/aromatic N) is 2. The monoisotopic (exact) mass is 676 g/mol. The number of ketones is 1. The predicted octanol–water partition coefficient (Wildman–Crippen LogP) is 9.05. The zero-order valence-corrected chi connectivity index (χ0v) is 22.5. The van der Waals surface area contributed by atoms with Crippen LogP contribution >= 0.6 is 91.6 Å². The topological polar surface area (TPSA) is 41.8 Å². The number of hydrogen-bond donors (Lipinski definition) is 0. The number of azo groups is 1. The van der Waals surface area contributed by atoms with Crippen molar-refractivity contribution in [3.05, 3.63) is 27.7 Å². The van der Waals surface area contributed by atoms with Crippen LogP contribution in [0.25, 0.3) is 0 Å². The van der Waals surface area contributed by atoms with Crippen molar-refractivity contribution in [2.75, 3.05) is 0 Å². The van der Waals surface area contributed by atoms with Crippen molar-refractivity contribution in [3.63, 3.8) is 0 Å². The number of Topliss-reactive ketones (excluding diaryl/α,β-unsaturated/α-hetero) is 1. The second kappa shape index (κ2) is 12.7. The molecule has 0 N–H and O–H groups in total. The lowest BCUT2D eigenvalue weighted by Gasteiger charge is -2.20. The van der Waals surface area contributed by atoms with E-state index in [1.54, 1.807) is 19.1 Å². The molecule has 0 aliphatic heterocycles. The molecule has 0 amide bonds. The molecular weight excluding hydrogens is 656 g/mol. The standard InChI is InChI=1S/C18H22Cl4I2N2O/c1-3-4-5-6-7-8-14(23)15(24)17(27)18(21,22)26-25-16-11(2)9-12(19)10-13(16)20/h9-10,14-15H,3-8H2,1-2H3. The van der Waals surface area contributed by atoms with E-state index >= 15 is 0 Å². The van der Waals surface area contributed by atoms with Crippen molar-refractivity contribution >= 4 is 103 Å². The van der Waals surface area contributed by atoms with Gasteiger partial charge in [0.15, 0.2) is 0 Å². The van der Waals surface area contributed by atoms with E-state index in [9.17, 15) is 4.79 Å². The minimum absolute atomic E-state index is 0.130. The Bertz CT molecular complexity index is 648. The lowest BCUT2D eigenvalue weighted by atomic mass is 10.1. The molecule has 0 aromatic heterocycles. The molecule has 0 aliphatic carbocycles. The van der Waals surface area contributed by atoms with Crippen LogP contribution in [0.3, 0.4) is 0 Å². The number of alkyl halides is 4. The molecule has 1 rings (SSSR count). The van der Waals surface area contributed by atoms with E-state index in [2.05, 4.69) is 62.3 Å². The molecule has 2 unspecified atom stereocenters. The van der Waals surface area contributed by atoms with Crippen molar-refractivity contribution in [2.24, 2.45) is 10.2 Å². The lowest BCUT2D eigenvalue weighted by Crippen LogP contribution is -2.36. The van der Waals surface area contributed by atoms with Crippen LogP contribution in [0.2, 0.25) is 10.0 Å². The summed E-state index contributed by atoms with van der Waals surface area (Å²) in [6, 6.07) is 3.26. The first-order chi connectivity index (χ1) is 12.6. The fourth-order valence-electron chi connectivity index (χ4n) is 2.40. The third-order valence-electron chi connectivity index (χ3n) is 3.94. The summed E-state index contributed by atoms with van der Waals surface area (Å²) in [4.78, 5) is 12.7. The molecular formula is C18H22Cl4I2N2O. The first-order valence-corrected chi connectivity index (χ1v) is 12.7. The van der Waals surface area contributed by atoms with Crippen LogP contribution in [0.4, 0.5) is 5.69 Å². The van der Waals surface area contributed by atoms with Crippen LogP contribution in [0, 0.1) is 6.92 Å². The fourth-order valence-corrected chi connectivity index (χ4v) is 5.29. The summed E-state index contributed by atoms with van der Waals surface area (Å²) < 4.78 is -2.18. The average molecular weight is 678 g/mol. The third kappa shape index (κ3) is 8.79. The minimum Gasteiger partial charge on any atom is -0.293 e. The number of carbonyl (C=O) groups is 1. The average Bonchev–Trinajstić information content (AvgIpc) is 2.59. The molecule has 9 heteroatoms. The van der Waals surface area contributed by atoms with Gasteiger partial charge in [0.25, 0.3) is 4.46 Å². The number of benzene rings is 1. The van der Waals surface area contributed by atoms with Gasteiger partial charge in [0.2, 0.25) is 5.78 Å². The molecule has 152 valence electrons. The maximum absolute atomic E-state index is 12.7. The lowest BCUT2D eigenvalue weighted by molar-refractivity contribution is -0.118. The largest absolute Gasteiger partial charge is 0.293 e. The summed E-state index contributed by atoms with van der Waals surface area (Å²) >= 11 is 28.8. The zero-order valence-electron chi connectivity index (χ0n) is 15.1. The molecule has 0 saturated heterocycles. The summed E-state index contributed by atoms with van der Waals surface area (Å²) in [7, 11) is 0. The quantitative estimate of drug-likeness (QED) is 0.0758. The second-order valence-electron chi connectivity index (χ2n) is 6.28. The van der Waals surface area contributed by atoms with Crippen molar-refractivity contribution in [1.29, 1.82) is 0 Å². The Morgan fingerprint density at radius 1 is 1.15 bits per heavy atom. The van der Waals surface area contributed by atoms with E-state index in [4.69, 9.17) is 46.4 Å². The van der Waals surface area contributed by atoms with Crippen LogP contribution in [-0.4, -0.2) is 18.1 Å². The highest BCUT2D eigenvalue weighted by atomic mass is 127. The van der Waals surface area contributed by atoms with Crippen LogP contribution < -0.4 is 0 Å². The van der Waals surface area contributed by atoms with Gasteiger partial charge in [0.05, 0.1) is 8.95 Å². The van der Waals surface area contributed by atoms with E-state index in [1.807, 2.05) is 0 Å². The van der Waals surface area contributed by atoms with Crippen molar-refractivity contribution in [2.45, 2.75) is 64.7 Å². The molecule has 0 bridgehead atoms. The Kier molecular flexibility index (Phi) is 12.3. The van der Waals surface area contributed by atoms with Gasteiger partial charge in [-0.2, -0.15) is 5.11 Å². The van der Waals surface area contributed by atoms with E-state index < -0.39 is 4.46 Å². The summed E-state index contributed by atoms with van der Waals surface area (Å²) in [5, 5.41) is 8.71. The molecule has 2 atom stereocenters. The molecule has 0 aliphatic rings. The Hall–Kier alpha value is 1.11. The summed E-state index contributed by atoms with van der Waals surface area (Å²) in [6.07, 6.45) is 6.88. The van der Waals surface area contributed by atoms with Crippen molar-refractivity contribution in [1.82, 2.24) is 0 Å².